The summed E-state index contributed by atoms with van der Waals surface area (Å²) in [4.78, 5) is 27.1. The van der Waals surface area contributed by atoms with Crippen molar-refractivity contribution in [2.45, 2.75) is 59.9 Å². The molecule has 112 valence electrons. The molecule has 1 N–H and O–H groups in total. The monoisotopic (exact) mass is 298 g/mol. The number of nitrogens with zero attached hydrogens (tertiary/aromatic N) is 1. The van der Waals surface area contributed by atoms with Crippen LogP contribution in [0.3, 0.4) is 0 Å². The Kier molecular flexibility index (Phi) is 3.66. The predicted molar refractivity (Wildman–Crippen MR) is 81.5 cm³/mol. The van der Waals surface area contributed by atoms with Gasteiger partial charge in [-0.25, -0.2) is 4.79 Å². The van der Waals surface area contributed by atoms with E-state index in [0.717, 1.165) is 19.3 Å². The minimum atomic E-state index is -0.399. The molecule has 0 bridgehead atoms. The van der Waals surface area contributed by atoms with Crippen LogP contribution in [0.5, 0.6) is 0 Å². The van der Waals surface area contributed by atoms with Crippen molar-refractivity contribution >= 4 is 11.6 Å². The van der Waals surface area contributed by atoms with Crippen molar-refractivity contribution < 1.29 is 0 Å². The zero-order valence-corrected chi connectivity index (χ0v) is 13.6. The number of halogens is 1. The molecule has 20 heavy (non-hydrogen) atoms. The Hall–Kier alpha value is -1.03. The van der Waals surface area contributed by atoms with Gasteiger partial charge < -0.3 is 0 Å². The molecule has 0 spiro atoms. The number of rotatable bonds is 1. The summed E-state index contributed by atoms with van der Waals surface area (Å²) >= 11 is 5.87. The Bertz CT molecular complexity index is 624. The fraction of sp³-hybridized carbons (Fsp3) is 0.733. The van der Waals surface area contributed by atoms with Gasteiger partial charge >= 0.3 is 5.69 Å². The van der Waals surface area contributed by atoms with Gasteiger partial charge in [0, 0.05) is 11.6 Å². The quantitative estimate of drug-likeness (QED) is 0.809. The molecule has 2 rings (SSSR count). The summed E-state index contributed by atoms with van der Waals surface area (Å²) in [5.41, 5.74) is -0.0219. The number of aromatic amines is 1. The zero-order chi connectivity index (χ0) is 15.3. The fourth-order valence-electron chi connectivity index (χ4n) is 3.92. The molecule has 1 fully saturated rings. The summed E-state index contributed by atoms with van der Waals surface area (Å²) in [6.07, 6.45) is 2.76. The standard InChI is InChI=1S/C15H23ClN2O2/c1-9-11(16)17-13(20)18(12(9)19)10-6-14(2,3)8-15(4,5)7-10/h10H,6-8H2,1-5H3,(H,17,20). The molecular weight excluding hydrogens is 276 g/mol. The highest BCUT2D eigenvalue weighted by molar-refractivity contribution is 6.30. The summed E-state index contributed by atoms with van der Waals surface area (Å²) in [6, 6.07) is -0.0685. The average molecular weight is 299 g/mol. The Morgan fingerprint density at radius 2 is 1.65 bits per heavy atom. The molecule has 1 aromatic rings. The Labute approximate surface area is 124 Å². The molecule has 0 unspecified atom stereocenters. The van der Waals surface area contributed by atoms with E-state index in [1.807, 2.05) is 0 Å². The second kappa shape index (κ2) is 4.76. The Morgan fingerprint density at radius 3 is 2.15 bits per heavy atom. The van der Waals surface area contributed by atoms with Gasteiger partial charge in [0.2, 0.25) is 0 Å². The number of aromatic nitrogens is 2. The van der Waals surface area contributed by atoms with Crippen LogP contribution >= 0.6 is 11.6 Å². The van der Waals surface area contributed by atoms with Crippen molar-refractivity contribution in [1.82, 2.24) is 9.55 Å². The summed E-state index contributed by atoms with van der Waals surface area (Å²) in [5, 5.41) is 0.144. The summed E-state index contributed by atoms with van der Waals surface area (Å²) in [6.45, 7) is 10.4. The molecule has 1 aliphatic carbocycles. The van der Waals surface area contributed by atoms with E-state index in [4.69, 9.17) is 11.6 Å². The normalized spacial score (nSPS) is 21.9. The third kappa shape index (κ3) is 2.85. The van der Waals surface area contributed by atoms with Crippen molar-refractivity contribution in [3.8, 4) is 0 Å². The molecular formula is C15H23ClN2O2. The molecule has 4 nitrogen and oxygen atoms in total. The third-order valence-electron chi connectivity index (χ3n) is 4.20. The van der Waals surface area contributed by atoms with Crippen LogP contribution in [0.25, 0.3) is 0 Å². The van der Waals surface area contributed by atoms with Crippen molar-refractivity contribution in [3.63, 3.8) is 0 Å². The van der Waals surface area contributed by atoms with Crippen molar-refractivity contribution in [1.29, 1.82) is 0 Å². The molecule has 5 heteroatoms. The minimum Gasteiger partial charge on any atom is -0.297 e. The lowest BCUT2D eigenvalue weighted by Gasteiger charge is -2.45. The molecule has 1 heterocycles. The van der Waals surface area contributed by atoms with Crippen LogP contribution in [-0.2, 0) is 0 Å². The minimum absolute atomic E-state index is 0.0685. The Balaban J connectivity index is 2.55. The lowest BCUT2D eigenvalue weighted by Crippen LogP contribution is -2.45. The van der Waals surface area contributed by atoms with Gasteiger partial charge in [-0.2, -0.15) is 0 Å². The second-order valence-electron chi connectivity index (χ2n) is 7.61. The van der Waals surface area contributed by atoms with Gasteiger partial charge in [-0.3, -0.25) is 14.3 Å². The maximum absolute atomic E-state index is 12.4. The first-order valence-electron chi connectivity index (χ1n) is 7.03. The van der Waals surface area contributed by atoms with E-state index < -0.39 is 5.69 Å². The van der Waals surface area contributed by atoms with E-state index in [2.05, 4.69) is 32.7 Å². The number of hydrogen-bond acceptors (Lipinski definition) is 2. The van der Waals surface area contributed by atoms with E-state index in [1.54, 1.807) is 6.92 Å². The molecule has 0 radical (unpaired) electrons. The molecule has 0 atom stereocenters. The van der Waals surface area contributed by atoms with E-state index in [0.29, 0.717) is 5.56 Å². The van der Waals surface area contributed by atoms with Crippen LogP contribution in [0.1, 0.15) is 58.6 Å². The molecule has 0 aromatic carbocycles. The summed E-state index contributed by atoms with van der Waals surface area (Å²) in [5.74, 6) is 0. The topological polar surface area (TPSA) is 54.9 Å². The van der Waals surface area contributed by atoms with Crippen LogP contribution in [0.4, 0.5) is 0 Å². The van der Waals surface area contributed by atoms with Gasteiger partial charge in [0.05, 0.1) is 0 Å². The lowest BCUT2D eigenvalue weighted by atomic mass is 9.63. The molecule has 1 aromatic heterocycles. The smallest absolute Gasteiger partial charge is 0.297 e. The van der Waals surface area contributed by atoms with Crippen molar-refractivity contribution in [2.24, 2.45) is 10.8 Å². The van der Waals surface area contributed by atoms with Crippen LogP contribution in [0, 0.1) is 17.8 Å². The lowest BCUT2D eigenvalue weighted by molar-refractivity contribution is 0.0690. The van der Waals surface area contributed by atoms with Gasteiger partial charge in [-0.05, 0) is 37.0 Å². The van der Waals surface area contributed by atoms with Gasteiger partial charge in [-0.1, -0.05) is 39.3 Å². The van der Waals surface area contributed by atoms with Gasteiger partial charge in [0.25, 0.3) is 5.56 Å². The molecule has 0 aliphatic heterocycles. The molecule has 1 saturated carbocycles. The van der Waals surface area contributed by atoms with E-state index in [-0.39, 0.29) is 27.6 Å². The molecule has 0 amide bonds. The predicted octanol–water partition coefficient (Wildman–Crippen LogP) is 3.28. The van der Waals surface area contributed by atoms with E-state index >= 15 is 0 Å². The highest BCUT2D eigenvalue weighted by Gasteiger charge is 2.40. The largest absolute Gasteiger partial charge is 0.329 e. The summed E-state index contributed by atoms with van der Waals surface area (Å²) < 4.78 is 1.36. The average Bonchev–Trinajstić information content (AvgIpc) is 2.21. The van der Waals surface area contributed by atoms with Crippen LogP contribution in [0.15, 0.2) is 9.59 Å². The fourth-order valence-corrected chi connectivity index (χ4v) is 4.08. The maximum Gasteiger partial charge on any atom is 0.329 e. The van der Waals surface area contributed by atoms with Gasteiger partial charge in [0.1, 0.15) is 5.15 Å². The zero-order valence-electron chi connectivity index (χ0n) is 12.8. The highest BCUT2D eigenvalue weighted by atomic mass is 35.5. The molecule has 1 aliphatic rings. The molecule has 0 saturated heterocycles. The Morgan fingerprint density at radius 1 is 1.15 bits per heavy atom. The van der Waals surface area contributed by atoms with Crippen LogP contribution in [-0.4, -0.2) is 9.55 Å². The van der Waals surface area contributed by atoms with Crippen molar-refractivity contribution in [3.05, 3.63) is 31.6 Å². The van der Waals surface area contributed by atoms with Crippen LogP contribution in [0.2, 0.25) is 5.15 Å². The van der Waals surface area contributed by atoms with Crippen LogP contribution < -0.4 is 11.2 Å². The first kappa shape index (κ1) is 15.4. The SMILES string of the molecule is Cc1c(Cl)[nH]c(=O)n(C2CC(C)(C)CC(C)(C)C2)c1=O. The number of hydrogen-bond donors (Lipinski definition) is 1. The number of nitrogens with one attached hydrogen (secondary N) is 1. The second-order valence-corrected chi connectivity index (χ2v) is 7.99. The van der Waals surface area contributed by atoms with Gasteiger partial charge in [-0.15, -0.1) is 0 Å². The summed E-state index contributed by atoms with van der Waals surface area (Å²) in [7, 11) is 0. The van der Waals surface area contributed by atoms with Gasteiger partial charge in [0.15, 0.2) is 0 Å². The highest BCUT2D eigenvalue weighted by Crippen LogP contribution is 2.49. The van der Waals surface area contributed by atoms with E-state index in [1.165, 1.54) is 4.57 Å². The maximum atomic E-state index is 12.4. The number of H-pyrrole nitrogens is 1. The third-order valence-corrected chi connectivity index (χ3v) is 4.58. The van der Waals surface area contributed by atoms with Crippen molar-refractivity contribution in [2.75, 3.05) is 0 Å². The first-order valence-corrected chi connectivity index (χ1v) is 7.41. The first-order chi connectivity index (χ1) is 9.02. The van der Waals surface area contributed by atoms with E-state index in [9.17, 15) is 9.59 Å².